The van der Waals surface area contributed by atoms with Crippen LogP contribution in [0.1, 0.15) is 55.3 Å². The number of carbonyl (C=O) groups is 1. The molecular formula is C20H27F3N2OS. The lowest BCUT2D eigenvalue weighted by molar-refractivity contribution is -0.0328. The fourth-order valence-corrected chi connectivity index (χ4v) is 4.79. The van der Waals surface area contributed by atoms with Gasteiger partial charge in [0.05, 0.1) is 5.56 Å². The molecule has 0 atom stereocenters. The van der Waals surface area contributed by atoms with Crippen molar-refractivity contribution < 1.29 is 18.0 Å². The minimum Gasteiger partial charge on any atom is -0.349 e. The van der Waals surface area contributed by atoms with Gasteiger partial charge in [-0.15, -0.1) is 0 Å². The molecule has 2 fully saturated rings. The first kappa shape index (κ1) is 20.5. The number of amides is 1. The predicted molar refractivity (Wildman–Crippen MR) is 102 cm³/mol. The molecule has 1 aromatic carbocycles. The summed E-state index contributed by atoms with van der Waals surface area (Å²) in [5.74, 6) is 0.393. The van der Waals surface area contributed by atoms with E-state index in [1.165, 1.54) is 50.3 Å². The molecular weight excluding hydrogens is 373 g/mol. The molecule has 7 heteroatoms. The monoisotopic (exact) mass is 400 g/mol. The van der Waals surface area contributed by atoms with E-state index in [2.05, 4.69) is 10.2 Å². The summed E-state index contributed by atoms with van der Waals surface area (Å²) in [6.45, 7) is 3.03. The summed E-state index contributed by atoms with van der Waals surface area (Å²) in [7, 11) is 0. The van der Waals surface area contributed by atoms with E-state index in [0.717, 1.165) is 38.4 Å². The molecule has 1 aromatic rings. The Hall–Kier alpha value is -1.21. The highest BCUT2D eigenvalue weighted by molar-refractivity contribution is 8.00. The second kappa shape index (κ2) is 9.32. The molecule has 0 unspecified atom stereocenters. The van der Waals surface area contributed by atoms with Crippen molar-refractivity contribution in [2.45, 2.75) is 61.4 Å². The molecule has 1 amide bonds. The maximum Gasteiger partial charge on any atom is 0.446 e. The number of nitrogens with one attached hydrogen (secondary N) is 1. The molecule has 3 rings (SSSR count). The third-order valence-electron chi connectivity index (χ3n) is 5.52. The molecule has 150 valence electrons. The van der Waals surface area contributed by atoms with Gasteiger partial charge in [-0.05, 0) is 55.5 Å². The summed E-state index contributed by atoms with van der Waals surface area (Å²) in [6.07, 6.45) is 8.40. The van der Waals surface area contributed by atoms with Gasteiger partial charge in [0.15, 0.2) is 0 Å². The molecule has 0 spiro atoms. The molecule has 3 nitrogen and oxygen atoms in total. The van der Waals surface area contributed by atoms with Gasteiger partial charge >= 0.3 is 5.51 Å². The molecule has 1 heterocycles. The second-order valence-corrected chi connectivity index (χ2v) is 8.70. The van der Waals surface area contributed by atoms with Crippen molar-refractivity contribution in [3.8, 4) is 0 Å². The SMILES string of the molecule is O=C(NC1CCN(CC2CCCCC2)CC1)c1ccccc1SC(F)(F)F. The van der Waals surface area contributed by atoms with Crippen molar-refractivity contribution in [3.05, 3.63) is 29.8 Å². The summed E-state index contributed by atoms with van der Waals surface area (Å²) in [5, 5.41) is 2.94. The molecule has 1 saturated carbocycles. The third kappa shape index (κ3) is 6.42. The van der Waals surface area contributed by atoms with Crippen molar-refractivity contribution in [3.63, 3.8) is 0 Å². The van der Waals surface area contributed by atoms with Crippen LogP contribution in [0, 0.1) is 5.92 Å². The highest BCUT2D eigenvalue weighted by Gasteiger charge is 2.32. The highest BCUT2D eigenvalue weighted by Crippen LogP contribution is 2.38. The molecule has 1 N–H and O–H groups in total. The minimum absolute atomic E-state index is 0.0315. The lowest BCUT2D eigenvalue weighted by atomic mass is 9.88. The highest BCUT2D eigenvalue weighted by atomic mass is 32.2. The standard InChI is InChI=1S/C20H27F3N2OS/c21-20(22,23)27-18-9-5-4-8-17(18)19(26)24-16-10-12-25(13-11-16)14-15-6-2-1-3-7-15/h4-5,8-9,15-16H,1-3,6-7,10-14H2,(H,24,26). The number of hydrogen-bond acceptors (Lipinski definition) is 3. The number of halogens is 3. The number of piperidine rings is 1. The van der Waals surface area contributed by atoms with Crippen LogP contribution in [-0.4, -0.2) is 42.0 Å². The molecule has 1 aliphatic carbocycles. The molecule has 0 radical (unpaired) electrons. The van der Waals surface area contributed by atoms with Crippen LogP contribution in [0.15, 0.2) is 29.2 Å². The number of benzene rings is 1. The van der Waals surface area contributed by atoms with Crippen molar-refractivity contribution in [2.24, 2.45) is 5.92 Å². The zero-order valence-electron chi connectivity index (χ0n) is 15.4. The quantitative estimate of drug-likeness (QED) is 0.700. The van der Waals surface area contributed by atoms with Crippen LogP contribution in [-0.2, 0) is 0 Å². The van der Waals surface area contributed by atoms with Crippen molar-refractivity contribution >= 4 is 17.7 Å². The average Bonchev–Trinajstić information content (AvgIpc) is 2.63. The van der Waals surface area contributed by atoms with Crippen LogP contribution >= 0.6 is 11.8 Å². The Morgan fingerprint density at radius 2 is 1.74 bits per heavy atom. The Morgan fingerprint density at radius 3 is 2.41 bits per heavy atom. The molecule has 27 heavy (non-hydrogen) atoms. The van der Waals surface area contributed by atoms with E-state index >= 15 is 0 Å². The van der Waals surface area contributed by atoms with E-state index in [1.54, 1.807) is 6.07 Å². The number of hydrogen-bond donors (Lipinski definition) is 1. The first-order valence-corrected chi connectivity index (χ1v) is 10.6. The van der Waals surface area contributed by atoms with Crippen LogP contribution < -0.4 is 5.32 Å². The van der Waals surface area contributed by atoms with E-state index in [0.29, 0.717) is 0 Å². The Labute approximate surface area is 163 Å². The van der Waals surface area contributed by atoms with E-state index in [9.17, 15) is 18.0 Å². The maximum atomic E-state index is 12.7. The number of thioether (sulfide) groups is 1. The second-order valence-electron chi connectivity index (χ2n) is 7.60. The Morgan fingerprint density at radius 1 is 1.07 bits per heavy atom. The lowest BCUT2D eigenvalue weighted by Gasteiger charge is -2.35. The lowest BCUT2D eigenvalue weighted by Crippen LogP contribution is -2.46. The summed E-state index contributed by atoms with van der Waals surface area (Å²) in [4.78, 5) is 14.9. The largest absolute Gasteiger partial charge is 0.446 e. The molecule has 0 bridgehead atoms. The van der Waals surface area contributed by atoms with E-state index in [4.69, 9.17) is 0 Å². The first-order valence-electron chi connectivity index (χ1n) is 9.79. The van der Waals surface area contributed by atoms with Crippen LogP contribution in [0.4, 0.5) is 13.2 Å². The number of nitrogens with zero attached hydrogens (tertiary/aromatic N) is 1. The van der Waals surface area contributed by atoms with Crippen LogP contribution in [0.2, 0.25) is 0 Å². The number of alkyl halides is 3. The number of rotatable bonds is 5. The summed E-state index contributed by atoms with van der Waals surface area (Å²) in [6, 6.07) is 5.96. The van der Waals surface area contributed by atoms with E-state index in [1.807, 2.05) is 0 Å². The smallest absolute Gasteiger partial charge is 0.349 e. The fraction of sp³-hybridized carbons (Fsp3) is 0.650. The molecule has 0 aromatic heterocycles. The van der Waals surface area contributed by atoms with E-state index < -0.39 is 11.4 Å². The molecule has 1 aliphatic heterocycles. The molecule has 1 saturated heterocycles. The summed E-state index contributed by atoms with van der Waals surface area (Å²) in [5.41, 5.74) is -4.30. The van der Waals surface area contributed by atoms with Crippen molar-refractivity contribution in [2.75, 3.05) is 19.6 Å². The molecule has 2 aliphatic rings. The minimum atomic E-state index is -4.40. The van der Waals surface area contributed by atoms with Crippen molar-refractivity contribution in [1.29, 1.82) is 0 Å². The van der Waals surface area contributed by atoms with Gasteiger partial charge in [0, 0.05) is 30.6 Å². The Bertz CT molecular complexity index is 624. The summed E-state index contributed by atoms with van der Waals surface area (Å²) >= 11 is -0.232. The maximum absolute atomic E-state index is 12.7. The Kier molecular flexibility index (Phi) is 7.09. The van der Waals surface area contributed by atoms with Gasteiger partial charge in [0.1, 0.15) is 0 Å². The fourth-order valence-electron chi connectivity index (χ4n) is 4.13. The topological polar surface area (TPSA) is 32.3 Å². The van der Waals surface area contributed by atoms with Crippen LogP contribution in [0.5, 0.6) is 0 Å². The average molecular weight is 401 g/mol. The van der Waals surface area contributed by atoms with Crippen LogP contribution in [0.3, 0.4) is 0 Å². The van der Waals surface area contributed by atoms with Gasteiger partial charge in [0.2, 0.25) is 0 Å². The van der Waals surface area contributed by atoms with Gasteiger partial charge in [-0.2, -0.15) is 13.2 Å². The third-order valence-corrected chi connectivity index (χ3v) is 6.33. The zero-order valence-corrected chi connectivity index (χ0v) is 16.2. The van der Waals surface area contributed by atoms with Gasteiger partial charge < -0.3 is 10.2 Å². The van der Waals surface area contributed by atoms with Crippen molar-refractivity contribution in [1.82, 2.24) is 10.2 Å². The zero-order chi connectivity index (χ0) is 19.3. The Balaban J connectivity index is 1.49. The predicted octanol–water partition coefficient (Wildman–Crippen LogP) is 5.07. The number of carbonyl (C=O) groups excluding carboxylic acids is 1. The number of likely N-dealkylation sites (tertiary alicyclic amines) is 1. The first-order chi connectivity index (χ1) is 12.9. The van der Waals surface area contributed by atoms with Gasteiger partial charge in [-0.25, -0.2) is 0 Å². The van der Waals surface area contributed by atoms with E-state index in [-0.39, 0.29) is 28.3 Å². The van der Waals surface area contributed by atoms with Crippen LogP contribution in [0.25, 0.3) is 0 Å². The van der Waals surface area contributed by atoms with Gasteiger partial charge in [0.25, 0.3) is 5.91 Å². The van der Waals surface area contributed by atoms with Gasteiger partial charge in [-0.1, -0.05) is 31.4 Å². The van der Waals surface area contributed by atoms with Gasteiger partial charge in [-0.3, -0.25) is 4.79 Å². The normalized spacial score (nSPS) is 20.6. The summed E-state index contributed by atoms with van der Waals surface area (Å²) < 4.78 is 38.1.